The largest absolute Gasteiger partial charge is 0.335 e. The van der Waals surface area contributed by atoms with Gasteiger partial charge in [-0.2, -0.15) is 5.26 Å². The van der Waals surface area contributed by atoms with E-state index >= 15 is 0 Å². The molecule has 3 rings (SSSR count). The maximum Gasteiger partial charge on any atom is 0.265 e. The van der Waals surface area contributed by atoms with E-state index in [2.05, 4.69) is 22.9 Å². The predicted octanol–water partition coefficient (Wildman–Crippen LogP) is 2.94. The van der Waals surface area contributed by atoms with Gasteiger partial charge in [-0.15, -0.1) is 11.3 Å². The molecule has 2 aliphatic rings. The summed E-state index contributed by atoms with van der Waals surface area (Å²) in [5.41, 5.74) is 0. The molecule has 0 radical (unpaired) electrons. The van der Waals surface area contributed by atoms with E-state index in [4.69, 9.17) is 0 Å². The Morgan fingerprint density at radius 3 is 2.62 bits per heavy atom. The summed E-state index contributed by atoms with van der Waals surface area (Å²) in [6.07, 6.45) is 8.76. The fourth-order valence-corrected chi connectivity index (χ4v) is 4.69. The molecule has 5 nitrogen and oxygen atoms in total. The molecule has 1 aromatic heterocycles. The third kappa shape index (κ3) is 3.79. The van der Waals surface area contributed by atoms with Crippen molar-refractivity contribution in [1.29, 1.82) is 5.26 Å². The minimum atomic E-state index is 0.0256. The van der Waals surface area contributed by atoms with Crippen LogP contribution in [0.15, 0.2) is 6.20 Å². The Kier molecular flexibility index (Phi) is 5.85. The van der Waals surface area contributed by atoms with Gasteiger partial charge < -0.3 is 4.90 Å². The lowest BCUT2D eigenvalue weighted by Crippen LogP contribution is -2.53. The van der Waals surface area contributed by atoms with Gasteiger partial charge in [0, 0.05) is 26.2 Å². The molecular weight excluding hydrogens is 320 g/mol. The van der Waals surface area contributed by atoms with Crippen molar-refractivity contribution in [1.82, 2.24) is 14.8 Å². The number of rotatable bonds is 4. The molecule has 1 amide bonds. The van der Waals surface area contributed by atoms with Gasteiger partial charge in [0.25, 0.3) is 5.91 Å². The van der Waals surface area contributed by atoms with Crippen LogP contribution in [0.1, 0.15) is 53.7 Å². The van der Waals surface area contributed by atoms with Crippen LogP contribution in [0.3, 0.4) is 0 Å². The van der Waals surface area contributed by atoms with Crippen molar-refractivity contribution in [2.24, 2.45) is 5.92 Å². The van der Waals surface area contributed by atoms with E-state index in [-0.39, 0.29) is 11.9 Å². The van der Waals surface area contributed by atoms with E-state index in [1.54, 1.807) is 6.20 Å². The highest BCUT2D eigenvalue weighted by Gasteiger charge is 2.32. The van der Waals surface area contributed by atoms with Gasteiger partial charge in [-0.3, -0.25) is 9.69 Å². The van der Waals surface area contributed by atoms with Crippen molar-refractivity contribution in [2.45, 2.75) is 51.5 Å². The summed E-state index contributed by atoms with van der Waals surface area (Å²) < 4.78 is 0. The molecule has 24 heavy (non-hydrogen) atoms. The summed E-state index contributed by atoms with van der Waals surface area (Å²) in [5, 5.41) is 10.6. The zero-order valence-electron chi connectivity index (χ0n) is 14.4. The Hall–Kier alpha value is -1.45. The lowest BCUT2D eigenvalue weighted by atomic mass is 9.83. The number of aromatic nitrogens is 1. The first-order valence-electron chi connectivity index (χ1n) is 9.10. The van der Waals surface area contributed by atoms with E-state index in [1.165, 1.54) is 43.4 Å². The van der Waals surface area contributed by atoms with Crippen molar-refractivity contribution in [3.63, 3.8) is 0 Å². The minimum Gasteiger partial charge on any atom is -0.335 e. The second-order valence-electron chi connectivity index (χ2n) is 6.77. The Bertz CT molecular complexity index is 594. The van der Waals surface area contributed by atoms with E-state index in [9.17, 15) is 10.1 Å². The monoisotopic (exact) mass is 346 g/mol. The number of nitrogens with zero attached hydrogens (tertiary/aromatic N) is 4. The SMILES string of the molecule is CCc1ncc(C(=O)N2CCN(C(C#N)C3CCCCC3)CC2)s1. The number of hydrogen-bond acceptors (Lipinski definition) is 5. The van der Waals surface area contributed by atoms with Crippen LogP contribution >= 0.6 is 11.3 Å². The maximum atomic E-state index is 12.6. The zero-order valence-corrected chi connectivity index (χ0v) is 15.2. The molecule has 1 aromatic rings. The molecule has 1 unspecified atom stereocenters. The number of aryl methyl sites for hydroxylation is 1. The second-order valence-corrected chi connectivity index (χ2v) is 7.89. The predicted molar refractivity (Wildman–Crippen MR) is 94.9 cm³/mol. The van der Waals surface area contributed by atoms with Crippen molar-refractivity contribution >= 4 is 17.2 Å². The molecule has 1 atom stereocenters. The van der Waals surface area contributed by atoms with Crippen molar-refractivity contribution in [3.05, 3.63) is 16.1 Å². The molecule has 1 saturated heterocycles. The minimum absolute atomic E-state index is 0.0256. The molecule has 2 fully saturated rings. The van der Waals surface area contributed by atoms with Crippen LogP contribution < -0.4 is 0 Å². The Balaban J connectivity index is 1.56. The smallest absolute Gasteiger partial charge is 0.265 e. The lowest BCUT2D eigenvalue weighted by Gasteiger charge is -2.40. The van der Waals surface area contributed by atoms with Crippen molar-refractivity contribution in [2.75, 3.05) is 26.2 Å². The van der Waals surface area contributed by atoms with Crippen LogP contribution in [0.2, 0.25) is 0 Å². The maximum absolute atomic E-state index is 12.6. The molecular formula is C18H26N4OS. The first kappa shape index (κ1) is 17.4. The second kappa shape index (κ2) is 8.09. The highest BCUT2D eigenvalue weighted by molar-refractivity contribution is 7.13. The first-order chi connectivity index (χ1) is 11.7. The highest BCUT2D eigenvalue weighted by Crippen LogP contribution is 2.29. The van der Waals surface area contributed by atoms with Crippen LogP contribution in [-0.2, 0) is 6.42 Å². The third-order valence-electron chi connectivity index (χ3n) is 5.29. The summed E-state index contributed by atoms with van der Waals surface area (Å²) in [5.74, 6) is 0.609. The van der Waals surface area contributed by atoms with Gasteiger partial charge in [0.15, 0.2) is 0 Å². The Morgan fingerprint density at radius 2 is 2.04 bits per heavy atom. The summed E-state index contributed by atoms with van der Waals surface area (Å²) in [6, 6.07) is 2.57. The van der Waals surface area contributed by atoms with E-state index in [0.717, 1.165) is 29.4 Å². The molecule has 2 heterocycles. The molecule has 0 bridgehead atoms. The number of carbonyl (C=O) groups is 1. The van der Waals surface area contributed by atoms with E-state index < -0.39 is 0 Å². The van der Waals surface area contributed by atoms with Gasteiger partial charge in [-0.1, -0.05) is 26.2 Å². The summed E-state index contributed by atoms with van der Waals surface area (Å²) in [7, 11) is 0. The quantitative estimate of drug-likeness (QED) is 0.841. The number of nitriles is 1. The Morgan fingerprint density at radius 1 is 1.33 bits per heavy atom. The number of amides is 1. The first-order valence-corrected chi connectivity index (χ1v) is 9.92. The molecule has 0 N–H and O–H groups in total. The fourth-order valence-electron chi connectivity index (χ4n) is 3.87. The third-order valence-corrected chi connectivity index (χ3v) is 6.42. The molecule has 1 saturated carbocycles. The average Bonchev–Trinajstić information content (AvgIpc) is 3.12. The molecule has 0 aromatic carbocycles. The summed E-state index contributed by atoms with van der Waals surface area (Å²) in [6.45, 7) is 5.09. The van der Waals surface area contributed by atoms with E-state index in [0.29, 0.717) is 19.0 Å². The van der Waals surface area contributed by atoms with Gasteiger partial charge in [-0.25, -0.2) is 4.98 Å². The average molecular weight is 347 g/mol. The van der Waals surface area contributed by atoms with E-state index in [1.807, 2.05) is 4.90 Å². The lowest BCUT2D eigenvalue weighted by molar-refractivity contribution is 0.0542. The van der Waals surface area contributed by atoms with Crippen LogP contribution in [0, 0.1) is 17.2 Å². The van der Waals surface area contributed by atoms with Crippen molar-refractivity contribution in [3.8, 4) is 6.07 Å². The normalized spacial score (nSPS) is 21.4. The standard InChI is InChI=1S/C18H26N4OS/c1-2-17-20-13-16(24-17)18(23)22-10-8-21(9-11-22)15(12-19)14-6-4-3-5-7-14/h13-15H,2-11H2,1H3. The highest BCUT2D eigenvalue weighted by atomic mass is 32.1. The van der Waals surface area contributed by atoms with Crippen LogP contribution in [0.4, 0.5) is 0 Å². The molecule has 6 heteroatoms. The van der Waals surface area contributed by atoms with Crippen LogP contribution in [-0.4, -0.2) is 52.9 Å². The van der Waals surface area contributed by atoms with Gasteiger partial charge in [0.2, 0.25) is 0 Å². The fraction of sp³-hybridized carbons (Fsp3) is 0.722. The number of hydrogen-bond donors (Lipinski definition) is 0. The molecule has 1 aliphatic carbocycles. The number of thiazole rings is 1. The topological polar surface area (TPSA) is 60.2 Å². The van der Waals surface area contributed by atoms with Gasteiger partial charge >= 0.3 is 0 Å². The van der Waals surface area contributed by atoms with Gasteiger partial charge in [-0.05, 0) is 25.2 Å². The van der Waals surface area contributed by atoms with Crippen molar-refractivity contribution < 1.29 is 4.79 Å². The molecule has 130 valence electrons. The Labute approximate surface area is 148 Å². The van der Waals surface area contributed by atoms with Gasteiger partial charge in [0.1, 0.15) is 10.9 Å². The molecule has 0 spiro atoms. The summed E-state index contributed by atoms with van der Waals surface area (Å²) >= 11 is 1.50. The zero-order chi connectivity index (χ0) is 16.9. The molecule has 1 aliphatic heterocycles. The number of carbonyl (C=O) groups excluding carboxylic acids is 1. The van der Waals surface area contributed by atoms with Crippen LogP contribution in [0.25, 0.3) is 0 Å². The number of piperazine rings is 1. The summed E-state index contributed by atoms with van der Waals surface area (Å²) in [4.78, 5) is 21.8. The van der Waals surface area contributed by atoms with Gasteiger partial charge in [0.05, 0.1) is 17.3 Å². The van der Waals surface area contributed by atoms with Crippen LogP contribution in [0.5, 0.6) is 0 Å².